The first-order valence-corrected chi connectivity index (χ1v) is 8.85. The molecule has 0 radical (unpaired) electrons. The molecule has 1 aromatic carbocycles. The third-order valence-electron chi connectivity index (χ3n) is 4.53. The van der Waals surface area contributed by atoms with Gasteiger partial charge in [-0.2, -0.15) is 0 Å². The molecule has 27 heavy (non-hydrogen) atoms. The molecule has 0 aromatic heterocycles. The SMILES string of the molecule is COC(=O)N1CCN(C(=O)c2cccc(NC(C(=O)O)C(C)(C)C)c2)CC1. The summed E-state index contributed by atoms with van der Waals surface area (Å²) in [6, 6.07) is 6.05. The van der Waals surface area contributed by atoms with Gasteiger partial charge in [-0.3, -0.25) is 4.79 Å². The van der Waals surface area contributed by atoms with Crippen molar-refractivity contribution in [3.63, 3.8) is 0 Å². The van der Waals surface area contributed by atoms with Crippen LogP contribution in [0.4, 0.5) is 10.5 Å². The van der Waals surface area contributed by atoms with Crippen molar-refractivity contribution in [2.24, 2.45) is 5.41 Å². The zero-order valence-electron chi connectivity index (χ0n) is 16.2. The average molecular weight is 377 g/mol. The van der Waals surface area contributed by atoms with Gasteiger partial charge >= 0.3 is 12.1 Å². The second kappa shape index (κ2) is 8.28. The first kappa shape index (κ1) is 20.5. The van der Waals surface area contributed by atoms with Crippen LogP contribution in [0.2, 0.25) is 0 Å². The van der Waals surface area contributed by atoms with Crippen molar-refractivity contribution in [2.75, 3.05) is 38.6 Å². The van der Waals surface area contributed by atoms with Gasteiger partial charge in [-0.15, -0.1) is 0 Å². The van der Waals surface area contributed by atoms with E-state index < -0.39 is 23.5 Å². The summed E-state index contributed by atoms with van der Waals surface area (Å²) in [5.74, 6) is -1.09. The fraction of sp³-hybridized carbons (Fsp3) is 0.526. The van der Waals surface area contributed by atoms with Crippen molar-refractivity contribution in [3.8, 4) is 0 Å². The number of nitrogens with zero attached hydrogens (tertiary/aromatic N) is 2. The van der Waals surface area contributed by atoms with E-state index in [9.17, 15) is 19.5 Å². The summed E-state index contributed by atoms with van der Waals surface area (Å²) < 4.78 is 4.70. The van der Waals surface area contributed by atoms with E-state index in [0.29, 0.717) is 37.4 Å². The lowest BCUT2D eigenvalue weighted by atomic mass is 9.86. The number of piperazine rings is 1. The van der Waals surface area contributed by atoms with Crippen LogP contribution in [0.25, 0.3) is 0 Å². The molecule has 1 atom stereocenters. The molecule has 0 spiro atoms. The predicted octanol–water partition coefficient (Wildman–Crippen LogP) is 2.12. The van der Waals surface area contributed by atoms with Crippen molar-refractivity contribution in [1.29, 1.82) is 0 Å². The second-order valence-corrected chi connectivity index (χ2v) is 7.61. The molecule has 1 aliphatic heterocycles. The standard InChI is InChI=1S/C19H27N3O5/c1-19(2,3)15(17(24)25)20-14-7-5-6-13(12-14)16(23)21-8-10-22(11-9-21)18(26)27-4/h5-7,12,15,20H,8-11H2,1-4H3,(H,24,25). The predicted molar refractivity (Wildman–Crippen MR) is 101 cm³/mol. The number of methoxy groups -OCH3 is 1. The van der Waals surface area contributed by atoms with Crippen molar-refractivity contribution < 1.29 is 24.2 Å². The van der Waals surface area contributed by atoms with Crippen molar-refractivity contribution in [1.82, 2.24) is 9.80 Å². The van der Waals surface area contributed by atoms with Crippen molar-refractivity contribution in [2.45, 2.75) is 26.8 Å². The van der Waals surface area contributed by atoms with Gasteiger partial charge in [0, 0.05) is 37.4 Å². The van der Waals surface area contributed by atoms with Crippen LogP contribution >= 0.6 is 0 Å². The van der Waals surface area contributed by atoms with E-state index in [1.54, 1.807) is 34.1 Å². The minimum atomic E-state index is -0.946. The summed E-state index contributed by atoms with van der Waals surface area (Å²) in [5.41, 5.74) is 0.566. The highest BCUT2D eigenvalue weighted by Gasteiger charge is 2.31. The van der Waals surface area contributed by atoms with Gasteiger partial charge in [0.2, 0.25) is 0 Å². The molecule has 8 nitrogen and oxygen atoms in total. The minimum absolute atomic E-state index is 0.147. The average Bonchev–Trinajstić information content (AvgIpc) is 2.64. The molecule has 1 unspecified atom stereocenters. The quantitative estimate of drug-likeness (QED) is 0.834. The van der Waals surface area contributed by atoms with Gasteiger partial charge in [0.15, 0.2) is 0 Å². The van der Waals surface area contributed by atoms with Crippen LogP contribution in [0.1, 0.15) is 31.1 Å². The summed E-state index contributed by atoms with van der Waals surface area (Å²) in [7, 11) is 1.33. The maximum Gasteiger partial charge on any atom is 0.409 e. The fourth-order valence-electron chi connectivity index (χ4n) is 2.96. The normalized spacial score (nSPS) is 15.9. The molecular formula is C19H27N3O5. The molecule has 2 rings (SSSR count). The number of amides is 2. The number of aliphatic carboxylic acids is 1. The fourth-order valence-corrected chi connectivity index (χ4v) is 2.96. The Hall–Kier alpha value is -2.77. The summed E-state index contributed by atoms with van der Waals surface area (Å²) in [5, 5.41) is 12.5. The van der Waals surface area contributed by atoms with Crippen molar-refractivity contribution in [3.05, 3.63) is 29.8 Å². The molecule has 1 heterocycles. The number of carboxylic acids is 1. The maximum atomic E-state index is 12.8. The number of carbonyl (C=O) groups excluding carboxylic acids is 2. The number of hydrogen-bond donors (Lipinski definition) is 2. The first-order valence-electron chi connectivity index (χ1n) is 8.85. The van der Waals surface area contributed by atoms with E-state index in [1.807, 2.05) is 20.8 Å². The molecule has 1 aromatic rings. The smallest absolute Gasteiger partial charge is 0.409 e. The molecule has 1 aliphatic rings. The Kier molecular flexibility index (Phi) is 6.30. The molecule has 0 aliphatic carbocycles. The van der Waals surface area contributed by atoms with E-state index in [-0.39, 0.29) is 5.91 Å². The molecule has 1 saturated heterocycles. The van der Waals surface area contributed by atoms with Crippen LogP contribution in [0, 0.1) is 5.41 Å². The molecule has 2 N–H and O–H groups in total. The number of hydrogen-bond acceptors (Lipinski definition) is 5. The lowest BCUT2D eigenvalue weighted by Gasteiger charge is -2.34. The van der Waals surface area contributed by atoms with Crippen LogP contribution in [0.5, 0.6) is 0 Å². The highest BCUT2D eigenvalue weighted by molar-refractivity contribution is 5.95. The Morgan fingerprint density at radius 1 is 1.11 bits per heavy atom. The van der Waals surface area contributed by atoms with E-state index >= 15 is 0 Å². The zero-order chi connectivity index (χ0) is 20.2. The van der Waals surface area contributed by atoms with E-state index in [4.69, 9.17) is 4.74 Å². The topological polar surface area (TPSA) is 99.2 Å². The molecule has 1 fully saturated rings. The largest absolute Gasteiger partial charge is 0.480 e. The highest BCUT2D eigenvalue weighted by Crippen LogP contribution is 2.24. The van der Waals surface area contributed by atoms with Crippen LogP contribution < -0.4 is 5.32 Å². The Morgan fingerprint density at radius 3 is 2.22 bits per heavy atom. The van der Waals surface area contributed by atoms with E-state index in [0.717, 1.165) is 0 Å². The molecule has 0 bridgehead atoms. The zero-order valence-corrected chi connectivity index (χ0v) is 16.2. The van der Waals surface area contributed by atoms with Gasteiger partial charge < -0.3 is 25.0 Å². The maximum absolute atomic E-state index is 12.8. The third-order valence-corrected chi connectivity index (χ3v) is 4.53. The Balaban J connectivity index is 2.08. The van der Waals surface area contributed by atoms with E-state index in [1.165, 1.54) is 7.11 Å². The third kappa shape index (κ3) is 5.12. The van der Waals surface area contributed by atoms with Gasteiger partial charge in [0.05, 0.1) is 7.11 Å². The number of carboxylic acid groups (broad SMARTS) is 1. The minimum Gasteiger partial charge on any atom is -0.480 e. The van der Waals surface area contributed by atoms with Crippen LogP contribution in [-0.2, 0) is 9.53 Å². The van der Waals surface area contributed by atoms with Gasteiger partial charge in [-0.1, -0.05) is 26.8 Å². The monoisotopic (exact) mass is 377 g/mol. The molecular weight excluding hydrogens is 350 g/mol. The second-order valence-electron chi connectivity index (χ2n) is 7.61. The summed E-state index contributed by atoms with van der Waals surface area (Å²) in [6.45, 7) is 7.21. The first-order chi connectivity index (χ1) is 12.6. The highest BCUT2D eigenvalue weighted by atomic mass is 16.5. The molecule has 148 valence electrons. The van der Waals surface area contributed by atoms with Gasteiger partial charge in [0.1, 0.15) is 6.04 Å². The van der Waals surface area contributed by atoms with Crippen molar-refractivity contribution >= 4 is 23.7 Å². The van der Waals surface area contributed by atoms with Gasteiger partial charge in [0.25, 0.3) is 5.91 Å². The molecule has 8 heteroatoms. The molecule has 2 amide bonds. The van der Waals surface area contributed by atoms with Gasteiger partial charge in [-0.25, -0.2) is 9.59 Å². The summed E-state index contributed by atoms with van der Waals surface area (Å²) in [6.07, 6.45) is -0.393. The van der Waals surface area contributed by atoms with Gasteiger partial charge in [-0.05, 0) is 23.6 Å². The summed E-state index contributed by atoms with van der Waals surface area (Å²) in [4.78, 5) is 39.1. The lowest BCUT2D eigenvalue weighted by molar-refractivity contribution is -0.140. The Morgan fingerprint density at radius 2 is 1.70 bits per heavy atom. The van der Waals surface area contributed by atoms with Crippen LogP contribution in [0.15, 0.2) is 24.3 Å². The number of carbonyl (C=O) groups is 3. The Bertz CT molecular complexity index is 706. The lowest BCUT2D eigenvalue weighted by Crippen LogP contribution is -2.50. The van der Waals surface area contributed by atoms with E-state index in [2.05, 4.69) is 5.32 Å². The van der Waals surface area contributed by atoms with Crippen LogP contribution in [0.3, 0.4) is 0 Å². The summed E-state index contributed by atoms with van der Waals surface area (Å²) >= 11 is 0. The number of anilines is 1. The Labute approximate surface area is 159 Å². The number of rotatable bonds is 4. The van der Waals surface area contributed by atoms with Crippen LogP contribution in [-0.4, -0.2) is 72.2 Å². The number of benzene rings is 1. The molecule has 0 saturated carbocycles. The number of ether oxygens (including phenoxy) is 1. The number of nitrogens with one attached hydrogen (secondary N) is 1.